The molecule has 0 bridgehead atoms. The number of hydrogen-bond donors (Lipinski definition) is 1. The van der Waals surface area contributed by atoms with E-state index in [1.807, 2.05) is 58.3 Å². The maximum Gasteiger partial charge on any atom is 0.253 e. The molecular formula is C23H26N4O3. The van der Waals surface area contributed by atoms with Crippen LogP contribution >= 0.6 is 0 Å². The Morgan fingerprint density at radius 2 is 1.80 bits per heavy atom. The molecule has 2 aromatic carbocycles. The lowest BCUT2D eigenvalue weighted by atomic mass is 10.1. The zero-order chi connectivity index (χ0) is 20.8. The summed E-state index contributed by atoms with van der Waals surface area (Å²) in [6.45, 7) is 2.97. The van der Waals surface area contributed by atoms with Gasteiger partial charge in [0.1, 0.15) is 5.75 Å². The van der Waals surface area contributed by atoms with Gasteiger partial charge in [0.2, 0.25) is 5.91 Å². The van der Waals surface area contributed by atoms with Gasteiger partial charge >= 0.3 is 0 Å². The highest BCUT2D eigenvalue weighted by molar-refractivity contribution is 5.97. The van der Waals surface area contributed by atoms with Crippen LogP contribution in [0.4, 0.5) is 0 Å². The number of aromatic nitrogens is 2. The van der Waals surface area contributed by atoms with Crippen LogP contribution in [-0.4, -0.2) is 64.4 Å². The van der Waals surface area contributed by atoms with E-state index in [2.05, 4.69) is 9.97 Å². The number of nitrogens with zero attached hydrogens (tertiary/aromatic N) is 3. The number of fused-ring (bicyclic) bond motifs is 1. The minimum absolute atomic E-state index is 0.00272. The first-order valence-corrected chi connectivity index (χ1v) is 10.4. The molecule has 1 fully saturated rings. The van der Waals surface area contributed by atoms with E-state index in [1.165, 1.54) is 0 Å². The van der Waals surface area contributed by atoms with Crippen LogP contribution in [0.1, 0.15) is 29.6 Å². The molecular weight excluding hydrogens is 380 g/mol. The van der Waals surface area contributed by atoms with Crippen molar-refractivity contribution in [3.05, 3.63) is 60.4 Å². The molecule has 7 heteroatoms. The van der Waals surface area contributed by atoms with Crippen LogP contribution in [0.5, 0.6) is 5.75 Å². The van der Waals surface area contributed by atoms with Crippen LogP contribution in [0.25, 0.3) is 11.0 Å². The zero-order valence-corrected chi connectivity index (χ0v) is 16.9. The average Bonchev–Trinajstić information content (AvgIpc) is 3.11. The van der Waals surface area contributed by atoms with E-state index in [0.29, 0.717) is 51.2 Å². The quantitative estimate of drug-likeness (QED) is 0.638. The van der Waals surface area contributed by atoms with Crippen LogP contribution in [0, 0.1) is 0 Å². The molecule has 1 aromatic heterocycles. The fraction of sp³-hybridized carbons (Fsp3) is 0.348. The first-order valence-electron chi connectivity index (χ1n) is 10.4. The number of para-hydroxylation sites is 1. The number of imidazole rings is 1. The fourth-order valence-corrected chi connectivity index (χ4v) is 3.71. The fourth-order valence-electron chi connectivity index (χ4n) is 3.71. The average molecular weight is 406 g/mol. The summed E-state index contributed by atoms with van der Waals surface area (Å²) in [7, 11) is 0. The molecule has 1 aliphatic rings. The molecule has 1 saturated heterocycles. The lowest BCUT2D eigenvalue weighted by molar-refractivity contribution is -0.131. The Labute approximate surface area is 175 Å². The van der Waals surface area contributed by atoms with E-state index in [1.54, 1.807) is 6.33 Å². The Morgan fingerprint density at radius 1 is 1.00 bits per heavy atom. The molecule has 0 saturated carbocycles. The van der Waals surface area contributed by atoms with E-state index in [0.717, 1.165) is 23.2 Å². The second-order valence-corrected chi connectivity index (χ2v) is 7.43. The number of H-pyrrole nitrogens is 1. The summed E-state index contributed by atoms with van der Waals surface area (Å²) in [6, 6.07) is 15.1. The summed E-state index contributed by atoms with van der Waals surface area (Å²) >= 11 is 0. The third kappa shape index (κ3) is 4.79. The predicted molar refractivity (Wildman–Crippen MR) is 114 cm³/mol. The zero-order valence-electron chi connectivity index (χ0n) is 16.9. The molecule has 1 N–H and O–H groups in total. The number of aromatic amines is 1. The van der Waals surface area contributed by atoms with Gasteiger partial charge in [0, 0.05) is 38.2 Å². The third-order valence-corrected chi connectivity index (χ3v) is 5.35. The molecule has 0 unspecified atom stereocenters. The Kier molecular flexibility index (Phi) is 6.27. The molecule has 156 valence electrons. The molecule has 0 atom stereocenters. The van der Waals surface area contributed by atoms with Crippen molar-refractivity contribution in [2.45, 2.75) is 19.3 Å². The maximum absolute atomic E-state index is 12.9. The topological polar surface area (TPSA) is 78.5 Å². The number of ether oxygens (including phenoxy) is 1. The van der Waals surface area contributed by atoms with Crippen molar-refractivity contribution in [1.82, 2.24) is 19.8 Å². The number of carbonyl (C=O) groups excluding carboxylic acids is 2. The van der Waals surface area contributed by atoms with Crippen molar-refractivity contribution in [2.75, 3.05) is 32.8 Å². The summed E-state index contributed by atoms with van der Waals surface area (Å²) < 4.78 is 5.66. The van der Waals surface area contributed by atoms with Crippen LogP contribution in [0.15, 0.2) is 54.9 Å². The Hall–Kier alpha value is -3.35. The number of carbonyl (C=O) groups is 2. The van der Waals surface area contributed by atoms with Gasteiger partial charge in [-0.3, -0.25) is 9.59 Å². The Balaban J connectivity index is 1.25. The number of nitrogens with one attached hydrogen (secondary N) is 1. The normalized spacial score (nSPS) is 14.5. The minimum Gasteiger partial charge on any atom is -0.494 e. The Morgan fingerprint density at radius 3 is 2.67 bits per heavy atom. The summed E-state index contributed by atoms with van der Waals surface area (Å²) in [5, 5.41) is 0. The number of benzene rings is 2. The van der Waals surface area contributed by atoms with Gasteiger partial charge < -0.3 is 19.5 Å². The standard InChI is InChI=1S/C23H26N4O3/c28-22(8-4-15-30-19-6-2-1-3-7-19)26-11-5-12-27(14-13-26)23(29)18-9-10-20-21(16-18)25-17-24-20/h1-3,6-7,9-10,16-17H,4-5,8,11-15H2,(H,24,25). The van der Waals surface area contributed by atoms with Gasteiger partial charge in [-0.2, -0.15) is 0 Å². The van der Waals surface area contributed by atoms with Crippen molar-refractivity contribution in [3.8, 4) is 5.75 Å². The van der Waals surface area contributed by atoms with E-state index in [9.17, 15) is 9.59 Å². The van der Waals surface area contributed by atoms with Gasteiger partial charge in [-0.1, -0.05) is 18.2 Å². The second kappa shape index (κ2) is 9.43. The third-order valence-electron chi connectivity index (χ3n) is 5.35. The van der Waals surface area contributed by atoms with E-state index in [4.69, 9.17) is 4.74 Å². The van der Waals surface area contributed by atoms with Crippen molar-refractivity contribution >= 4 is 22.8 Å². The molecule has 0 radical (unpaired) electrons. The molecule has 30 heavy (non-hydrogen) atoms. The molecule has 2 heterocycles. The summed E-state index contributed by atoms with van der Waals surface area (Å²) in [4.78, 5) is 36.4. The van der Waals surface area contributed by atoms with Gasteiger partial charge in [0.05, 0.1) is 24.0 Å². The van der Waals surface area contributed by atoms with E-state index >= 15 is 0 Å². The molecule has 1 aliphatic heterocycles. The summed E-state index contributed by atoms with van der Waals surface area (Å²) in [5.74, 6) is 0.944. The van der Waals surface area contributed by atoms with E-state index < -0.39 is 0 Å². The number of rotatable bonds is 6. The molecule has 2 amide bonds. The van der Waals surface area contributed by atoms with E-state index in [-0.39, 0.29) is 11.8 Å². The Bertz CT molecular complexity index is 1000. The minimum atomic E-state index is -0.00272. The molecule has 3 aromatic rings. The molecule has 4 rings (SSSR count). The van der Waals surface area contributed by atoms with Crippen LogP contribution in [0.2, 0.25) is 0 Å². The first-order chi connectivity index (χ1) is 14.7. The lowest BCUT2D eigenvalue weighted by Crippen LogP contribution is -2.37. The molecule has 0 aliphatic carbocycles. The van der Waals surface area contributed by atoms with Crippen molar-refractivity contribution in [2.24, 2.45) is 0 Å². The largest absolute Gasteiger partial charge is 0.494 e. The van der Waals surface area contributed by atoms with Gasteiger partial charge in [-0.05, 0) is 43.2 Å². The van der Waals surface area contributed by atoms with Crippen molar-refractivity contribution in [3.63, 3.8) is 0 Å². The number of hydrogen-bond acceptors (Lipinski definition) is 4. The monoisotopic (exact) mass is 406 g/mol. The lowest BCUT2D eigenvalue weighted by Gasteiger charge is -2.22. The van der Waals surface area contributed by atoms with Gasteiger partial charge in [-0.15, -0.1) is 0 Å². The highest BCUT2D eigenvalue weighted by Gasteiger charge is 2.23. The maximum atomic E-state index is 12.9. The second-order valence-electron chi connectivity index (χ2n) is 7.43. The smallest absolute Gasteiger partial charge is 0.253 e. The summed E-state index contributed by atoms with van der Waals surface area (Å²) in [5.41, 5.74) is 2.34. The molecule has 0 spiro atoms. The van der Waals surface area contributed by atoms with Crippen LogP contribution in [-0.2, 0) is 4.79 Å². The number of amides is 2. The predicted octanol–water partition coefficient (Wildman–Crippen LogP) is 3.10. The van der Waals surface area contributed by atoms with Crippen molar-refractivity contribution < 1.29 is 14.3 Å². The van der Waals surface area contributed by atoms with Crippen LogP contribution < -0.4 is 4.74 Å². The van der Waals surface area contributed by atoms with Crippen LogP contribution in [0.3, 0.4) is 0 Å². The summed E-state index contributed by atoms with van der Waals surface area (Å²) in [6.07, 6.45) is 3.54. The highest BCUT2D eigenvalue weighted by Crippen LogP contribution is 2.15. The van der Waals surface area contributed by atoms with Gasteiger partial charge in [0.15, 0.2) is 0 Å². The highest BCUT2D eigenvalue weighted by atomic mass is 16.5. The SMILES string of the molecule is O=C(CCCOc1ccccc1)N1CCCN(C(=O)c2ccc3nc[nH]c3c2)CC1. The van der Waals surface area contributed by atoms with Crippen molar-refractivity contribution in [1.29, 1.82) is 0 Å². The first kappa shape index (κ1) is 19.9. The van der Waals surface area contributed by atoms with Gasteiger partial charge in [-0.25, -0.2) is 4.98 Å². The molecule has 7 nitrogen and oxygen atoms in total. The van der Waals surface area contributed by atoms with Gasteiger partial charge in [0.25, 0.3) is 5.91 Å².